The second kappa shape index (κ2) is 3.06. The largest absolute Gasteiger partial charge is 0.346 e. The molecule has 0 bridgehead atoms. The van der Waals surface area contributed by atoms with Gasteiger partial charge in [0.2, 0.25) is 0 Å². The van der Waals surface area contributed by atoms with Gasteiger partial charge in [-0.3, -0.25) is 4.84 Å². The third-order valence-electron chi connectivity index (χ3n) is 2.01. The van der Waals surface area contributed by atoms with E-state index in [2.05, 4.69) is 5.32 Å². The molecule has 0 unspecified atom stereocenters. The molecule has 0 spiro atoms. The lowest BCUT2D eigenvalue weighted by atomic mass is 10.1. The highest BCUT2D eigenvalue weighted by Gasteiger charge is 2.22. The van der Waals surface area contributed by atoms with Crippen molar-refractivity contribution in [1.29, 1.82) is 0 Å². The minimum atomic E-state index is -0.221. The van der Waals surface area contributed by atoms with Crippen LogP contribution in [-0.2, 0) is 11.4 Å². The van der Waals surface area contributed by atoms with Gasteiger partial charge in [0.25, 0.3) is 0 Å². The maximum absolute atomic E-state index is 11.3. The van der Waals surface area contributed by atoms with Crippen LogP contribution in [0.5, 0.6) is 0 Å². The fraction of sp³-hybridized carbons (Fsp3) is 0.222. The Balaban J connectivity index is 2.45. The lowest BCUT2D eigenvalue weighted by Crippen LogP contribution is -2.43. The van der Waals surface area contributed by atoms with Gasteiger partial charge >= 0.3 is 6.03 Å². The molecule has 1 aliphatic rings. The molecule has 1 aromatic carbocycles. The van der Waals surface area contributed by atoms with E-state index in [0.717, 1.165) is 11.3 Å². The summed E-state index contributed by atoms with van der Waals surface area (Å²) in [5.41, 5.74) is 1.87. The Morgan fingerprint density at radius 2 is 2.23 bits per heavy atom. The zero-order valence-electron chi connectivity index (χ0n) is 7.28. The van der Waals surface area contributed by atoms with Gasteiger partial charge < -0.3 is 5.32 Å². The van der Waals surface area contributed by atoms with Crippen LogP contribution in [0, 0.1) is 0 Å². The molecule has 13 heavy (non-hydrogen) atoms. The van der Waals surface area contributed by atoms with Crippen LogP contribution in [0.3, 0.4) is 0 Å². The van der Waals surface area contributed by atoms with E-state index in [1.807, 2.05) is 24.3 Å². The number of para-hydroxylation sites is 1. The zero-order valence-corrected chi connectivity index (χ0v) is 7.28. The standard InChI is InChI=1S/C9H10N2O2/c1-13-11-8-5-3-2-4-7(8)6-10-9(11)12/h2-5H,6H2,1H3,(H,10,12). The number of nitrogens with one attached hydrogen (secondary N) is 1. The number of fused-ring (bicyclic) bond motifs is 1. The van der Waals surface area contributed by atoms with Crippen LogP contribution >= 0.6 is 0 Å². The number of urea groups is 1. The SMILES string of the molecule is CON1C(=O)NCc2ccccc21. The van der Waals surface area contributed by atoms with Crippen molar-refractivity contribution in [2.24, 2.45) is 0 Å². The Hall–Kier alpha value is -1.55. The van der Waals surface area contributed by atoms with E-state index in [0.29, 0.717) is 6.54 Å². The third-order valence-corrected chi connectivity index (χ3v) is 2.01. The summed E-state index contributed by atoms with van der Waals surface area (Å²) in [4.78, 5) is 16.2. The number of carbonyl (C=O) groups excluding carboxylic acids is 1. The smallest absolute Gasteiger partial charge is 0.332 e. The molecule has 0 atom stereocenters. The van der Waals surface area contributed by atoms with Gasteiger partial charge in [-0.25, -0.2) is 4.79 Å². The first kappa shape index (κ1) is 8.07. The summed E-state index contributed by atoms with van der Waals surface area (Å²) in [5, 5.41) is 3.95. The van der Waals surface area contributed by atoms with E-state index in [1.165, 1.54) is 12.2 Å². The first-order chi connectivity index (χ1) is 6.33. The van der Waals surface area contributed by atoms with Crippen molar-refractivity contribution < 1.29 is 9.63 Å². The van der Waals surface area contributed by atoms with E-state index >= 15 is 0 Å². The summed E-state index contributed by atoms with van der Waals surface area (Å²) in [6.45, 7) is 0.564. The number of hydrogen-bond donors (Lipinski definition) is 1. The van der Waals surface area contributed by atoms with Crippen LogP contribution < -0.4 is 10.4 Å². The quantitative estimate of drug-likeness (QED) is 0.703. The van der Waals surface area contributed by atoms with Gasteiger partial charge in [-0.05, 0) is 11.6 Å². The molecule has 0 saturated carbocycles. The number of rotatable bonds is 1. The summed E-state index contributed by atoms with van der Waals surface area (Å²) in [6, 6.07) is 7.41. The molecule has 0 saturated heterocycles. The maximum Gasteiger partial charge on any atom is 0.346 e. The summed E-state index contributed by atoms with van der Waals surface area (Å²) < 4.78 is 0. The highest BCUT2D eigenvalue weighted by molar-refractivity contribution is 5.92. The summed E-state index contributed by atoms with van der Waals surface area (Å²) in [7, 11) is 1.47. The van der Waals surface area contributed by atoms with Gasteiger partial charge in [0, 0.05) is 6.54 Å². The van der Waals surface area contributed by atoms with Gasteiger partial charge in [0.1, 0.15) is 0 Å². The fourth-order valence-electron chi connectivity index (χ4n) is 1.39. The number of nitrogens with zero attached hydrogens (tertiary/aromatic N) is 1. The molecule has 4 nitrogen and oxygen atoms in total. The Morgan fingerprint density at radius 3 is 3.00 bits per heavy atom. The van der Waals surface area contributed by atoms with Crippen LogP contribution in [0.1, 0.15) is 5.56 Å². The molecule has 68 valence electrons. The monoisotopic (exact) mass is 178 g/mol. The molecule has 1 heterocycles. The average Bonchev–Trinajstić information content (AvgIpc) is 2.18. The van der Waals surface area contributed by atoms with Gasteiger partial charge in [0.05, 0.1) is 12.8 Å². The molecule has 4 heteroatoms. The number of carbonyl (C=O) groups is 1. The molecule has 0 radical (unpaired) electrons. The minimum absolute atomic E-state index is 0.221. The molecule has 0 fully saturated rings. The normalized spacial score (nSPS) is 15.2. The van der Waals surface area contributed by atoms with Crippen LogP contribution in [0.15, 0.2) is 24.3 Å². The Labute approximate surface area is 76.1 Å². The van der Waals surface area contributed by atoms with E-state index in [4.69, 9.17) is 4.84 Å². The lowest BCUT2D eigenvalue weighted by molar-refractivity contribution is 0.159. The third kappa shape index (κ3) is 1.25. The molecule has 0 aliphatic carbocycles. The number of hydrogen-bond acceptors (Lipinski definition) is 2. The van der Waals surface area contributed by atoms with Crippen LogP contribution in [0.4, 0.5) is 10.5 Å². The second-order valence-electron chi connectivity index (χ2n) is 2.76. The molecule has 1 N–H and O–H groups in total. The first-order valence-electron chi connectivity index (χ1n) is 4.03. The van der Waals surface area contributed by atoms with Crippen molar-refractivity contribution in [3.63, 3.8) is 0 Å². The second-order valence-corrected chi connectivity index (χ2v) is 2.76. The van der Waals surface area contributed by atoms with Crippen molar-refractivity contribution in [1.82, 2.24) is 5.32 Å². The van der Waals surface area contributed by atoms with E-state index in [9.17, 15) is 4.79 Å². The average molecular weight is 178 g/mol. The summed E-state index contributed by atoms with van der Waals surface area (Å²) >= 11 is 0. The number of benzene rings is 1. The van der Waals surface area contributed by atoms with Crippen LogP contribution in [-0.4, -0.2) is 13.1 Å². The molecular formula is C9H10N2O2. The first-order valence-corrected chi connectivity index (χ1v) is 4.03. The minimum Gasteiger partial charge on any atom is -0.332 e. The van der Waals surface area contributed by atoms with Crippen molar-refractivity contribution in [3.05, 3.63) is 29.8 Å². The summed E-state index contributed by atoms with van der Waals surface area (Å²) in [5.74, 6) is 0. The molecule has 0 aromatic heterocycles. The van der Waals surface area contributed by atoms with Crippen molar-refractivity contribution in [2.75, 3.05) is 12.2 Å². The van der Waals surface area contributed by atoms with Crippen molar-refractivity contribution in [2.45, 2.75) is 6.54 Å². The Morgan fingerprint density at radius 1 is 1.46 bits per heavy atom. The molecule has 2 rings (SSSR count). The van der Waals surface area contributed by atoms with Crippen molar-refractivity contribution >= 4 is 11.7 Å². The van der Waals surface area contributed by atoms with Crippen LogP contribution in [0.25, 0.3) is 0 Å². The number of amides is 2. The Bertz CT molecular complexity index is 338. The van der Waals surface area contributed by atoms with Gasteiger partial charge in [0.15, 0.2) is 0 Å². The van der Waals surface area contributed by atoms with Crippen LogP contribution in [0.2, 0.25) is 0 Å². The molecular weight excluding hydrogens is 168 g/mol. The fourth-order valence-corrected chi connectivity index (χ4v) is 1.39. The van der Waals surface area contributed by atoms with Crippen molar-refractivity contribution in [3.8, 4) is 0 Å². The highest BCUT2D eigenvalue weighted by atomic mass is 16.7. The van der Waals surface area contributed by atoms with E-state index in [1.54, 1.807) is 0 Å². The Kier molecular flexibility index (Phi) is 1.90. The van der Waals surface area contributed by atoms with E-state index in [-0.39, 0.29) is 6.03 Å². The van der Waals surface area contributed by atoms with E-state index < -0.39 is 0 Å². The molecule has 2 amide bonds. The van der Waals surface area contributed by atoms with Gasteiger partial charge in [-0.2, -0.15) is 5.06 Å². The number of hydroxylamine groups is 1. The predicted molar refractivity (Wildman–Crippen MR) is 48.2 cm³/mol. The zero-order chi connectivity index (χ0) is 9.26. The highest BCUT2D eigenvalue weighted by Crippen LogP contribution is 2.23. The van der Waals surface area contributed by atoms with Gasteiger partial charge in [-0.15, -0.1) is 0 Å². The molecule has 1 aromatic rings. The summed E-state index contributed by atoms with van der Waals surface area (Å²) in [6.07, 6.45) is 0. The predicted octanol–water partition coefficient (Wildman–Crippen LogP) is 1.28. The number of anilines is 1. The topological polar surface area (TPSA) is 41.6 Å². The maximum atomic E-state index is 11.3. The lowest BCUT2D eigenvalue weighted by Gasteiger charge is -2.27. The van der Waals surface area contributed by atoms with Gasteiger partial charge in [-0.1, -0.05) is 18.2 Å². The molecule has 1 aliphatic heterocycles.